The molecule has 1 aliphatic rings. The van der Waals surface area contributed by atoms with E-state index in [2.05, 4.69) is 10.0 Å². The molecule has 0 saturated heterocycles. The fourth-order valence-electron chi connectivity index (χ4n) is 4.41. The number of sulfonamides is 1. The number of aryl methyl sites for hydroxylation is 1. The van der Waals surface area contributed by atoms with E-state index in [0.717, 1.165) is 22.4 Å². The highest BCUT2D eigenvalue weighted by molar-refractivity contribution is 7.89. The molecule has 0 aromatic heterocycles. The molecule has 7 nitrogen and oxygen atoms in total. The van der Waals surface area contributed by atoms with Crippen molar-refractivity contribution in [3.8, 4) is 0 Å². The summed E-state index contributed by atoms with van der Waals surface area (Å²) in [5, 5.41) is 2.82. The van der Waals surface area contributed by atoms with E-state index >= 15 is 0 Å². The Morgan fingerprint density at radius 2 is 1.71 bits per heavy atom. The number of nitrogens with one attached hydrogen (secondary N) is 2. The van der Waals surface area contributed by atoms with Crippen molar-refractivity contribution in [2.24, 2.45) is 0 Å². The number of anilines is 2. The van der Waals surface area contributed by atoms with Crippen LogP contribution in [0, 0.1) is 6.92 Å². The molecule has 0 saturated carbocycles. The first-order chi connectivity index (χ1) is 16.6. The lowest BCUT2D eigenvalue weighted by molar-refractivity contribution is -0.118. The average Bonchev–Trinajstić information content (AvgIpc) is 3.15. The fourth-order valence-corrected chi connectivity index (χ4v) is 5.66. The second-order valence-electron chi connectivity index (χ2n) is 8.95. The highest BCUT2D eigenvalue weighted by atomic mass is 32.2. The third-order valence-electron chi connectivity index (χ3n) is 6.13. The number of carbonyl (C=O) groups is 2. The Balaban J connectivity index is 1.60. The normalized spacial score (nSPS) is 16.0. The zero-order chi connectivity index (χ0) is 25.2. The average molecular weight is 492 g/mol. The largest absolute Gasteiger partial charge is 0.325 e. The molecule has 182 valence electrons. The Hall–Kier alpha value is -3.49. The van der Waals surface area contributed by atoms with Crippen molar-refractivity contribution < 1.29 is 18.0 Å². The maximum Gasteiger partial charge on any atom is 0.242 e. The molecular weight excluding hydrogens is 462 g/mol. The van der Waals surface area contributed by atoms with Gasteiger partial charge in [0.25, 0.3) is 0 Å². The van der Waals surface area contributed by atoms with Gasteiger partial charge in [0.15, 0.2) is 0 Å². The van der Waals surface area contributed by atoms with Crippen molar-refractivity contribution in [2.45, 2.75) is 50.6 Å². The van der Waals surface area contributed by atoms with Crippen LogP contribution in [0.4, 0.5) is 11.4 Å². The summed E-state index contributed by atoms with van der Waals surface area (Å²) in [6.45, 7) is 5.38. The Kier molecular flexibility index (Phi) is 7.05. The number of hydrogen-bond donors (Lipinski definition) is 2. The highest BCUT2D eigenvalue weighted by Gasteiger charge is 2.31. The molecule has 0 fully saturated rings. The number of rotatable bonds is 7. The molecule has 0 unspecified atom stereocenters. The smallest absolute Gasteiger partial charge is 0.242 e. The van der Waals surface area contributed by atoms with Crippen molar-refractivity contribution in [1.82, 2.24) is 4.72 Å². The molecular formula is C27H29N3O4S. The summed E-state index contributed by atoms with van der Waals surface area (Å²) in [5.74, 6) is -0.528. The van der Waals surface area contributed by atoms with Crippen molar-refractivity contribution in [3.63, 3.8) is 0 Å². The second kappa shape index (κ2) is 10.0. The van der Waals surface area contributed by atoms with Crippen LogP contribution in [0.2, 0.25) is 0 Å². The zero-order valence-corrected chi connectivity index (χ0v) is 20.8. The minimum absolute atomic E-state index is 0.0421. The van der Waals surface area contributed by atoms with Crippen LogP contribution in [0.5, 0.6) is 0 Å². The number of nitrogens with zero attached hydrogens (tertiary/aromatic N) is 1. The Labute approximate surface area is 206 Å². The molecule has 0 spiro atoms. The van der Waals surface area contributed by atoms with E-state index in [1.807, 2.05) is 56.3 Å². The summed E-state index contributed by atoms with van der Waals surface area (Å²) < 4.78 is 29.3. The van der Waals surface area contributed by atoms with E-state index in [1.165, 1.54) is 13.0 Å². The lowest BCUT2D eigenvalue weighted by Gasteiger charge is -2.21. The quantitative estimate of drug-likeness (QED) is 0.525. The standard InChI is InChI=1S/C27H29N3O4S/c1-18-9-11-23(12-10-18)28-27(32)25(16-21-7-5-4-6-8-21)29-35(33,34)24-13-14-26-22(17-24)15-19(2)30(26)20(3)31/h4-14,17,19,25,29H,15-16H2,1-3H3,(H,28,32)/t19-,25+/m0/s1. The first-order valence-corrected chi connectivity index (χ1v) is 13.0. The molecule has 1 heterocycles. The Bertz CT molecular complexity index is 1340. The minimum atomic E-state index is -4.01. The van der Waals surface area contributed by atoms with E-state index in [0.29, 0.717) is 12.1 Å². The van der Waals surface area contributed by atoms with E-state index in [-0.39, 0.29) is 23.3 Å². The molecule has 2 atom stereocenters. The summed E-state index contributed by atoms with van der Waals surface area (Å²) >= 11 is 0. The predicted molar refractivity (Wildman–Crippen MR) is 137 cm³/mol. The van der Waals surface area contributed by atoms with Crippen LogP contribution in [0.25, 0.3) is 0 Å². The van der Waals surface area contributed by atoms with Crippen LogP contribution >= 0.6 is 0 Å². The lowest BCUT2D eigenvalue weighted by Crippen LogP contribution is -2.45. The van der Waals surface area contributed by atoms with Gasteiger partial charge in [-0.25, -0.2) is 8.42 Å². The fraction of sp³-hybridized carbons (Fsp3) is 0.259. The summed E-state index contributed by atoms with van der Waals surface area (Å²) in [4.78, 5) is 26.9. The van der Waals surface area contributed by atoms with Gasteiger partial charge in [-0.1, -0.05) is 48.0 Å². The van der Waals surface area contributed by atoms with Gasteiger partial charge in [0.2, 0.25) is 21.8 Å². The number of benzene rings is 3. The summed E-state index contributed by atoms with van der Waals surface area (Å²) in [6, 6.07) is 20.3. The molecule has 4 rings (SSSR count). The van der Waals surface area contributed by atoms with Gasteiger partial charge in [-0.3, -0.25) is 9.59 Å². The first-order valence-electron chi connectivity index (χ1n) is 11.5. The van der Waals surface area contributed by atoms with Crippen molar-refractivity contribution in [3.05, 3.63) is 89.5 Å². The Morgan fingerprint density at radius 3 is 2.37 bits per heavy atom. The van der Waals surface area contributed by atoms with E-state index in [4.69, 9.17) is 0 Å². The maximum absolute atomic E-state index is 13.4. The predicted octanol–water partition coefficient (Wildman–Crippen LogP) is 3.82. The molecule has 8 heteroatoms. The second-order valence-corrected chi connectivity index (χ2v) is 10.7. The third kappa shape index (κ3) is 5.61. The number of fused-ring (bicyclic) bond motifs is 1. The molecule has 35 heavy (non-hydrogen) atoms. The van der Waals surface area contributed by atoms with Gasteiger partial charge in [0, 0.05) is 24.3 Å². The van der Waals surface area contributed by atoms with E-state index in [9.17, 15) is 18.0 Å². The van der Waals surface area contributed by atoms with E-state index in [1.54, 1.807) is 29.2 Å². The summed E-state index contributed by atoms with van der Waals surface area (Å²) in [6.07, 6.45) is 0.761. The van der Waals surface area contributed by atoms with Gasteiger partial charge in [-0.15, -0.1) is 0 Å². The van der Waals surface area contributed by atoms with Gasteiger partial charge >= 0.3 is 0 Å². The van der Waals surface area contributed by atoms with Crippen LogP contribution in [-0.4, -0.2) is 32.3 Å². The molecule has 0 aliphatic carbocycles. The minimum Gasteiger partial charge on any atom is -0.325 e. The van der Waals surface area contributed by atoms with Crippen LogP contribution in [0.15, 0.2) is 77.7 Å². The van der Waals surface area contributed by atoms with Crippen LogP contribution in [0.1, 0.15) is 30.5 Å². The van der Waals surface area contributed by atoms with Crippen molar-refractivity contribution in [2.75, 3.05) is 10.2 Å². The highest BCUT2D eigenvalue weighted by Crippen LogP contribution is 2.34. The molecule has 3 aromatic rings. The zero-order valence-electron chi connectivity index (χ0n) is 20.0. The molecule has 2 N–H and O–H groups in total. The number of hydrogen-bond acceptors (Lipinski definition) is 4. The van der Waals surface area contributed by atoms with Crippen LogP contribution in [-0.2, 0) is 32.5 Å². The molecule has 2 amide bonds. The summed E-state index contributed by atoms with van der Waals surface area (Å²) in [7, 11) is -4.01. The lowest BCUT2D eigenvalue weighted by atomic mass is 10.1. The molecule has 0 radical (unpaired) electrons. The third-order valence-corrected chi connectivity index (χ3v) is 7.60. The Morgan fingerprint density at radius 1 is 1.03 bits per heavy atom. The monoisotopic (exact) mass is 491 g/mol. The van der Waals surface area contributed by atoms with Gasteiger partial charge < -0.3 is 10.2 Å². The van der Waals surface area contributed by atoms with Crippen LogP contribution < -0.4 is 14.9 Å². The topological polar surface area (TPSA) is 95.6 Å². The van der Waals surface area contributed by atoms with Crippen molar-refractivity contribution >= 4 is 33.2 Å². The van der Waals surface area contributed by atoms with Crippen LogP contribution in [0.3, 0.4) is 0 Å². The van der Waals surface area contributed by atoms with Gasteiger partial charge in [-0.2, -0.15) is 4.72 Å². The SMILES string of the molecule is CC(=O)N1c2ccc(S(=O)(=O)N[C@H](Cc3ccccc3)C(=O)Nc3ccc(C)cc3)cc2C[C@@H]1C. The maximum atomic E-state index is 13.4. The van der Waals surface area contributed by atoms with Gasteiger partial charge in [0.05, 0.1) is 4.90 Å². The first kappa shape index (κ1) is 24.6. The molecule has 3 aromatic carbocycles. The van der Waals surface area contributed by atoms with Gasteiger partial charge in [-0.05, 0) is 68.1 Å². The van der Waals surface area contributed by atoms with Gasteiger partial charge in [0.1, 0.15) is 6.04 Å². The molecule has 1 aliphatic heterocycles. The summed E-state index contributed by atoms with van der Waals surface area (Å²) in [5.41, 5.74) is 3.99. The van der Waals surface area contributed by atoms with Crippen molar-refractivity contribution in [1.29, 1.82) is 0 Å². The van der Waals surface area contributed by atoms with E-state index < -0.39 is 22.0 Å². The molecule has 0 bridgehead atoms. The number of carbonyl (C=O) groups excluding carboxylic acids is 2. The number of amides is 2.